The number of benzene rings is 2. The smallest absolute Gasteiger partial charge is 0.330 e. The molecule has 0 fully saturated rings. The number of rotatable bonds is 9. The maximum atomic E-state index is 14.0. The average Bonchev–Trinajstić information content (AvgIpc) is 2.96. The van der Waals surface area contributed by atoms with E-state index in [2.05, 4.69) is 10.7 Å². The highest BCUT2D eigenvalue weighted by atomic mass is 16.5. The summed E-state index contributed by atoms with van der Waals surface area (Å²) in [5.41, 5.74) is 13.9. The van der Waals surface area contributed by atoms with Crippen LogP contribution in [0.1, 0.15) is 29.2 Å². The topological polar surface area (TPSA) is 175 Å². The Kier molecular flexibility index (Phi) is 9.02. The third-order valence-electron chi connectivity index (χ3n) is 7.12. The van der Waals surface area contributed by atoms with Crippen LogP contribution in [0.15, 0.2) is 51.5 Å². The predicted octanol–water partition coefficient (Wildman–Crippen LogP) is 1.71. The minimum absolute atomic E-state index is 0.0541. The zero-order chi connectivity index (χ0) is 30.6. The van der Waals surface area contributed by atoms with Gasteiger partial charge in [-0.1, -0.05) is 17.7 Å². The van der Waals surface area contributed by atoms with Gasteiger partial charge in [-0.3, -0.25) is 13.9 Å². The minimum atomic E-state index is -0.682. The Bertz CT molecular complexity index is 1720. The third kappa shape index (κ3) is 5.87. The van der Waals surface area contributed by atoms with Crippen molar-refractivity contribution < 1.29 is 14.3 Å². The van der Waals surface area contributed by atoms with Gasteiger partial charge in [0, 0.05) is 31.3 Å². The molecule has 0 saturated heterocycles. The molecular weight excluding hydrogens is 536 g/mol. The number of nitriles is 1. The summed E-state index contributed by atoms with van der Waals surface area (Å²) in [5, 5.41) is 11.7. The molecule has 0 bridgehead atoms. The number of carbonyl (C=O) groups excluding carboxylic acids is 1. The van der Waals surface area contributed by atoms with Gasteiger partial charge in [0.05, 0.1) is 25.1 Å². The first kappa shape index (κ1) is 30.0. The van der Waals surface area contributed by atoms with Gasteiger partial charge < -0.3 is 25.9 Å². The van der Waals surface area contributed by atoms with Crippen LogP contribution in [0, 0.1) is 32.1 Å². The van der Waals surface area contributed by atoms with Crippen molar-refractivity contribution in [1.29, 1.82) is 5.26 Å². The number of carbonyl (C=O) groups is 1. The second-order valence-electron chi connectivity index (χ2n) is 9.98. The number of allylic oxidation sites excluding steroid dienone is 1. The normalized spacial score (nSPS) is 12.9. The van der Waals surface area contributed by atoms with Crippen molar-refractivity contribution in [2.45, 2.75) is 47.2 Å². The molecule has 42 heavy (non-hydrogen) atoms. The fourth-order valence-electron chi connectivity index (χ4n) is 5.20. The average molecular weight is 573 g/mol. The van der Waals surface area contributed by atoms with Crippen molar-refractivity contribution >= 4 is 11.6 Å². The van der Waals surface area contributed by atoms with Crippen LogP contribution < -0.4 is 43.0 Å². The van der Waals surface area contributed by atoms with Gasteiger partial charge in [-0.2, -0.15) is 5.26 Å². The highest BCUT2D eigenvalue weighted by Gasteiger charge is 2.23. The van der Waals surface area contributed by atoms with Crippen molar-refractivity contribution in [2.75, 3.05) is 20.3 Å². The number of nitrogens with two attached hydrogens (primary N) is 2. The van der Waals surface area contributed by atoms with Crippen LogP contribution in [0.4, 0.5) is 5.69 Å². The zero-order valence-corrected chi connectivity index (χ0v) is 24.5. The summed E-state index contributed by atoms with van der Waals surface area (Å²) in [7, 11) is 1.59. The van der Waals surface area contributed by atoms with Crippen molar-refractivity contribution in [3.05, 3.63) is 80.0 Å². The second-order valence-corrected chi connectivity index (χ2v) is 9.98. The first-order valence-corrected chi connectivity index (χ1v) is 13.6. The predicted molar refractivity (Wildman–Crippen MR) is 159 cm³/mol. The molecule has 2 heterocycles. The molecule has 3 aromatic rings. The zero-order valence-electron chi connectivity index (χ0n) is 24.5. The molecule has 220 valence electrons. The molecule has 2 aromatic carbocycles. The van der Waals surface area contributed by atoms with E-state index in [1.54, 1.807) is 17.7 Å². The number of hydrogen-bond acceptors (Lipinski definition) is 9. The van der Waals surface area contributed by atoms with Gasteiger partial charge in [-0.25, -0.2) is 15.6 Å². The fraction of sp³-hybridized carbons (Fsp3) is 0.333. The highest BCUT2D eigenvalue weighted by molar-refractivity contribution is 5.93. The number of hydrazine groups is 1. The number of nitrogens with one attached hydrogen (secondary N) is 2. The Morgan fingerprint density at radius 1 is 1.14 bits per heavy atom. The van der Waals surface area contributed by atoms with E-state index in [1.807, 2.05) is 58.0 Å². The number of ether oxygens (including phenoxy) is 2. The molecule has 6 N–H and O–H groups in total. The standard InChI is InChI=1S/C30H36N8O4/c1-6-42-25-13-20-7-9-37-23(21(20)14-24(25)41-5)15-26(35-28-18(3)11-17(2)12-19(28)4)38(30(37)40)10-8-34-29(39)27(32)22(16-31)36-33/h11-15,36H,6-10,32-33H2,1-5H3,(H,34,39)/b27-22-,35-26?. The van der Waals surface area contributed by atoms with Crippen LogP contribution in [-0.4, -0.2) is 35.3 Å². The van der Waals surface area contributed by atoms with Crippen molar-refractivity contribution in [2.24, 2.45) is 16.6 Å². The molecule has 1 aliphatic heterocycles. The van der Waals surface area contributed by atoms with Crippen LogP contribution in [0.25, 0.3) is 11.3 Å². The molecule has 0 unspecified atom stereocenters. The lowest BCUT2D eigenvalue weighted by atomic mass is 9.97. The summed E-state index contributed by atoms with van der Waals surface area (Å²) in [6.45, 7) is 9.03. The van der Waals surface area contributed by atoms with Crippen LogP contribution in [0.2, 0.25) is 0 Å². The van der Waals surface area contributed by atoms with E-state index in [0.29, 0.717) is 42.3 Å². The first-order chi connectivity index (χ1) is 20.1. The fourth-order valence-corrected chi connectivity index (χ4v) is 5.20. The summed E-state index contributed by atoms with van der Waals surface area (Å²) in [6, 6.07) is 11.6. The highest BCUT2D eigenvalue weighted by Crippen LogP contribution is 2.37. The van der Waals surface area contributed by atoms with Crippen LogP contribution in [0.5, 0.6) is 11.5 Å². The van der Waals surface area contributed by atoms with E-state index >= 15 is 0 Å². The lowest BCUT2D eigenvalue weighted by Gasteiger charge is -2.25. The van der Waals surface area contributed by atoms with E-state index in [0.717, 1.165) is 33.5 Å². The van der Waals surface area contributed by atoms with Gasteiger partial charge in [-0.05, 0) is 62.9 Å². The molecule has 0 radical (unpaired) electrons. The molecule has 0 aliphatic carbocycles. The summed E-state index contributed by atoms with van der Waals surface area (Å²) in [6.07, 6.45) is 0.625. The summed E-state index contributed by atoms with van der Waals surface area (Å²) < 4.78 is 14.6. The van der Waals surface area contributed by atoms with Gasteiger partial charge in [0.15, 0.2) is 17.2 Å². The van der Waals surface area contributed by atoms with Crippen molar-refractivity contribution in [3.63, 3.8) is 0 Å². The summed E-state index contributed by atoms with van der Waals surface area (Å²) in [5.74, 6) is 5.82. The maximum Gasteiger partial charge on any atom is 0.330 e. The number of amides is 1. The molecule has 1 aromatic heterocycles. The lowest BCUT2D eigenvalue weighted by Crippen LogP contribution is -2.44. The molecule has 12 nitrogen and oxygen atoms in total. The Morgan fingerprint density at radius 2 is 1.86 bits per heavy atom. The number of aromatic nitrogens is 2. The molecule has 0 spiro atoms. The molecule has 4 rings (SSSR count). The van der Waals surface area contributed by atoms with E-state index in [1.165, 1.54) is 4.57 Å². The Balaban J connectivity index is 1.87. The second kappa shape index (κ2) is 12.7. The molecule has 1 aliphatic rings. The summed E-state index contributed by atoms with van der Waals surface area (Å²) in [4.78, 5) is 31.5. The Morgan fingerprint density at radius 3 is 2.48 bits per heavy atom. The largest absolute Gasteiger partial charge is 0.493 e. The van der Waals surface area contributed by atoms with E-state index < -0.39 is 5.91 Å². The molecule has 1 amide bonds. The first-order valence-electron chi connectivity index (χ1n) is 13.6. The van der Waals surface area contributed by atoms with Gasteiger partial charge in [0.25, 0.3) is 5.91 Å². The van der Waals surface area contributed by atoms with Crippen LogP contribution in [0.3, 0.4) is 0 Å². The quantitative estimate of drug-likeness (QED) is 0.130. The van der Waals surface area contributed by atoms with Gasteiger partial charge >= 0.3 is 5.69 Å². The lowest BCUT2D eigenvalue weighted by molar-refractivity contribution is -0.117. The maximum absolute atomic E-state index is 14.0. The monoisotopic (exact) mass is 572 g/mol. The SMILES string of the molecule is CCOc1cc2c(cc1OC)-c1cc(=Nc3c(C)cc(C)cc3C)n(CCNC(=O)/C(N)=C(\C#N)NN)c(=O)n1CC2. The number of aryl methyl sites for hydroxylation is 4. The van der Waals surface area contributed by atoms with Crippen LogP contribution in [-0.2, 0) is 24.3 Å². The molecule has 0 saturated carbocycles. The Hall–Kier alpha value is -5.02. The minimum Gasteiger partial charge on any atom is -0.493 e. The van der Waals surface area contributed by atoms with E-state index in [-0.39, 0.29) is 30.2 Å². The van der Waals surface area contributed by atoms with Crippen LogP contribution >= 0.6 is 0 Å². The van der Waals surface area contributed by atoms with Gasteiger partial charge in [0.1, 0.15) is 17.3 Å². The molecule has 12 heteroatoms. The van der Waals surface area contributed by atoms with Crippen molar-refractivity contribution in [1.82, 2.24) is 19.9 Å². The molecular formula is C30H36N8O4. The van der Waals surface area contributed by atoms with Gasteiger partial charge in [0.2, 0.25) is 0 Å². The third-order valence-corrected chi connectivity index (χ3v) is 7.12. The number of nitrogens with zero attached hydrogens (tertiary/aromatic N) is 4. The van der Waals surface area contributed by atoms with Gasteiger partial charge in [-0.15, -0.1) is 0 Å². The summed E-state index contributed by atoms with van der Waals surface area (Å²) >= 11 is 0. The van der Waals surface area contributed by atoms with E-state index in [9.17, 15) is 9.59 Å². The Labute approximate surface area is 243 Å². The van der Waals surface area contributed by atoms with E-state index in [4.69, 9.17) is 31.3 Å². The number of fused-ring (bicyclic) bond motifs is 3. The van der Waals surface area contributed by atoms with Crippen molar-refractivity contribution in [3.8, 4) is 28.8 Å². The number of methoxy groups -OCH3 is 1. The number of hydrogen-bond donors (Lipinski definition) is 4. The molecule has 0 atom stereocenters.